The van der Waals surface area contributed by atoms with Crippen molar-refractivity contribution in [3.05, 3.63) is 24.2 Å². The van der Waals surface area contributed by atoms with Crippen molar-refractivity contribution < 1.29 is 9.15 Å². The first kappa shape index (κ1) is 17.6. The van der Waals surface area contributed by atoms with Crippen LogP contribution in [0.5, 0.6) is 0 Å². The lowest BCUT2D eigenvalue weighted by Crippen LogP contribution is -2.41. The third-order valence-electron chi connectivity index (χ3n) is 4.60. The van der Waals surface area contributed by atoms with Crippen LogP contribution in [-0.4, -0.2) is 50.8 Å². The Morgan fingerprint density at radius 2 is 2.32 bits per heavy atom. The zero-order valence-corrected chi connectivity index (χ0v) is 15.5. The summed E-state index contributed by atoms with van der Waals surface area (Å²) in [7, 11) is 1.86. The highest BCUT2D eigenvalue weighted by molar-refractivity contribution is 14.0. The second kappa shape index (κ2) is 8.76. The van der Waals surface area contributed by atoms with Crippen molar-refractivity contribution in [2.75, 3.05) is 39.9 Å². The molecule has 0 bridgehead atoms. The van der Waals surface area contributed by atoms with Gasteiger partial charge in [-0.2, -0.15) is 0 Å². The third-order valence-corrected chi connectivity index (χ3v) is 4.60. The Bertz CT molecular complexity index is 458. The summed E-state index contributed by atoms with van der Waals surface area (Å²) in [4.78, 5) is 6.80. The predicted molar refractivity (Wildman–Crippen MR) is 97.8 cm³/mol. The predicted octanol–water partition coefficient (Wildman–Crippen LogP) is 2.37. The van der Waals surface area contributed by atoms with Crippen molar-refractivity contribution in [3.63, 3.8) is 0 Å². The molecule has 5 nitrogen and oxygen atoms in total. The normalized spacial score (nSPS) is 25.3. The van der Waals surface area contributed by atoms with Crippen LogP contribution in [0.25, 0.3) is 0 Å². The van der Waals surface area contributed by atoms with Gasteiger partial charge in [0.15, 0.2) is 5.96 Å². The quantitative estimate of drug-likeness (QED) is 0.463. The van der Waals surface area contributed by atoms with E-state index >= 15 is 0 Å². The van der Waals surface area contributed by atoms with Crippen LogP contribution in [0, 0.1) is 11.8 Å². The number of guanidine groups is 1. The molecule has 2 saturated heterocycles. The topological polar surface area (TPSA) is 50.0 Å². The van der Waals surface area contributed by atoms with Gasteiger partial charge in [-0.15, -0.1) is 24.0 Å². The van der Waals surface area contributed by atoms with Crippen LogP contribution < -0.4 is 5.32 Å². The number of aliphatic imine (C=N–C) groups is 1. The first-order chi connectivity index (χ1) is 10.4. The van der Waals surface area contributed by atoms with E-state index in [1.807, 2.05) is 19.2 Å². The molecule has 124 valence electrons. The number of likely N-dealkylation sites (tertiary alicyclic amines) is 1. The van der Waals surface area contributed by atoms with Gasteiger partial charge in [-0.3, -0.25) is 4.99 Å². The first-order valence-corrected chi connectivity index (χ1v) is 7.92. The highest BCUT2D eigenvalue weighted by Gasteiger charge is 2.32. The fourth-order valence-electron chi connectivity index (χ4n) is 3.37. The van der Waals surface area contributed by atoms with E-state index in [0.29, 0.717) is 0 Å². The number of halogens is 1. The van der Waals surface area contributed by atoms with Crippen molar-refractivity contribution in [2.45, 2.75) is 19.3 Å². The van der Waals surface area contributed by atoms with Gasteiger partial charge in [0.05, 0.1) is 6.26 Å². The lowest BCUT2D eigenvalue weighted by atomic mass is 9.91. The molecule has 2 aliphatic rings. The van der Waals surface area contributed by atoms with Gasteiger partial charge in [0.25, 0.3) is 0 Å². The molecule has 3 rings (SSSR count). The van der Waals surface area contributed by atoms with E-state index in [2.05, 4.69) is 15.2 Å². The van der Waals surface area contributed by atoms with Crippen molar-refractivity contribution in [2.24, 2.45) is 16.8 Å². The number of hydrogen-bond donors (Lipinski definition) is 1. The van der Waals surface area contributed by atoms with Crippen LogP contribution in [0.3, 0.4) is 0 Å². The fraction of sp³-hybridized carbons (Fsp3) is 0.688. The zero-order valence-electron chi connectivity index (χ0n) is 13.2. The molecule has 0 amide bonds. The average Bonchev–Trinajstić information content (AvgIpc) is 3.24. The Kier molecular flexibility index (Phi) is 7.01. The summed E-state index contributed by atoms with van der Waals surface area (Å²) in [6.45, 7) is 4.95. The molecule has 0 aromatic carbocycles. The van der Waals surface area contributed by atoms with E-state index in [-0.39, 0.29) is 24.0 Å². The van der Waals surface area contributed by atoms with Gasteiger partial charge in [-0.25, -0.2) is 0 Å². The molecule has 6 heteroatoms. The maximum atomic E-state index is 5.52. The largest absolute Gasteiger partial charge is 0.469 e. The summed E-state index contributed by atoms with van der Waals surface area (Å²) in [6, 6.07) is 3.94. The van der Waals surface area contributed by atoms with E-state index < -0.39 is 0 Å². The maximum Gasteiger partial charge on any atom is 0.193 e. The Labute approximate surface area is 149 Å². The summed E-state index contributed by atoms with van der Waals surface area (Å²) >= 11 is 0. The summed E-state index contributed by atoms with van der Waals surface area (Å²) in [5, 5.41) is 3.45. The van der Waals surface area contributed by atoms with Crippen LogP contribution in [-0.2, 0) is 11.2 Å². The van der Waals surface area contributed by atoms with Crippen molar-refractivity contribution in [1.82, 2.24) is 10.2 Å². The average molecular weight is 419 g/mol. The highest BCUT2D eigenvalue weighted by atomic mass is 127. The highest BCUT2D eigenvalue weighted by Crippen LogP contribution is 2.29. The number of furan rings is 1. The van der Waals surface area contributed by atoms with Crippen molar-refractivity contribution in [1.29, 1.82) is 0 Å². The molecule has 2 unspecified atom stereocenters. The van der Waals surface area contributed by atoms with E-state index in [1.54, 1.807) is 6.26 Å². The number of nitrogens with zero attached hydrogens (tertiary/aromatic N) is 2. The van der Waals surface area contributed by atoms with Gasteiger partial charge in [0.2, 0.25) is 0 Å². The molecule has 1 aromatic rings. The van der Waals surface area contributed by atoms with E-state index in [1.165, 1.54) is 12.8 Å². The second-order valence-corrected chi connectivity index (χ2v) is 5.92. The van der Waals surface area contributed by atoms with Gasteiger partial charge in [-0.1, -0.05) is 0 Å². The van der Waals surface area contributed by atoms with Crippen molar-refractivity contribution in [3.8, 4) is 0 Å². The monoisotopic (exact) mass is 419 g/mol. The fourth-order valence-corrected chi connectivity index (χ4v) is 3.37. The minimum atomic E-state index is 0. The van der Waals surface area contributed by atoms with Crippen LogP contribution in [0.15, 0.2) is 27.8 Å². The van der Waals surface area contributed by atoms with E-state index in [4.69, 9.17) is 9.15 Å². The molecule has 0 saturated carbocycles. The number of nitrogens with one attached hydrogen (secondary N) is 1. The molecule has 2 atom stereocenters. The van der Waals surface area contributed by atoms with Gasteiger partial charge < -0.3 is 19.4 Å². The Morgan fingerprint density at radius 1 is 1.41 bits per heavy atom. The van der Waals surface area contributed by atoms with Crippen LogP contribution in [0.4, 0.5) is 0 Å². The summed E-state index contributed by atoms with van der Waals surface area (Å²) in [5.41, 5.74) is 0. The Morgan fingerprint density at radius 3 is 3.00 bits per heavy atom. The molecular weight excluding hydrogens is 393 g/mol. The molecule has 0 aliphatic carbocycles. The molecule has 2 aliphatic heterocycles. The molecular formula is C16H26IN3O2. The molecule has 1 N–H and O–H groups in total. The lowest BCUT2D eigenvalue weighted by Gasteiger charge is -2.22. The number of rotatable bonds is 4. The lowest BCUT2D eigenvalue weighted by molar-refractivity contribution is 0.173. The summed E-state index contributed by atoms with van der Waals surface area (Å²) in [5.74, 6) is 3.54. The maximum absolute atomic E-state index is 5.52. The van der Waals surface area contributed by atoms with Gasteiger partial charge in [-0.05, 0) is 36.8 Å². The molecule has 0 radical (unpaired) electrons. The standard InChI is InChI=1S/C16H25N3O2.HI/c1-17-16(18-7-4-15-3-2-9-21-15)19-8-5-13(11-19)14-6-10-20-12-14;/h2-3,9,13-14H,4-8,10-12H2,1H3,(H,17,18);1H. The minimum absolute atomic E-state index is 0. The van der Waals surface area contributed by atoms with Gasteiger partial charge >= 0.3 is 0 Å². The summed E-state index contributed by atoms with van der Waals surface area (Å²) in [6.07, 6.45) is 5.09. The second-order valence-electron chi connectivity index (χ2n) is 5.92. The number of hydrogen-bond acceptors (Lipinski definition) is 3. The molecule has 3 heterocycles. The summed E-state index contributed by atoms with van der Waals surface area (Å²) < 4.78 is 10.9. The van der Waals surface area contributed by atoms with Gasteiger partial charge in [0.1, 0.15) is 5.76 Å². The first-order valence-electron chi connectivity index (χ1n) is 7.92. The number of ether oxygens (including phenoxy) is 1. The molecule has 1 aromatic heterocycles. The Hall–Kier alpha value is -0.760. The zero-order chi connectivity index (χ0) is 14.5. The minimum Gasteiger partial charge on any atom is -0.469 e. The van der Waals surface area contributed by atoms with Crippen LogP contribution in [0.2, 0.25) is 0 Å². The molecule has 0 spiro atoms. The van der Waals surface area contributed by atoms with Crippen LogP contribution in [0.1, 0.15) is 18.6 Å². The van der Waals surface area contributed by atoms with Crippen LogP contribution >= 0.6 is 24.0 Å². The SMILES string of the molecule is CN=C(NCCc1ccco1)N1CCC(C2CCOC2)C1.I. The van der Waals surface area contributed by atoms with Crippen molar-refractivity contribution >= 4 is 29.9 Å². The molecule has 22 heavy (non-hydrogen) atoms. The van der Waals surface area contributed by atoms with Gasteiger partial charge in [0, 0.05) is 46.3 Å². The molecule has 2 fully saturated rings. The van der Waals surface area contributed by atoms with E-state index in [0.717, 1.165) is 62.8 Å². The Balaban J connectivity index is 0.00000176. The van der Waals surface area contributed by atoms with E-state index in [9.17, 15) is 0 Å². The third kappa shape index (κ3) is 4.38. The smallest absolute Gasteiger partial charge is 0.193 e.